The Morgan fingerprint density at radius 2 is 2.04 bits per heavy atom. The summed E-state index contributed by atoms with van der Waals surface area (Å²) >= 11 is 3.16. The molecule has 2 bridgehead atoms. The van der Waals surface area contributed by atoms with Crippen LogP contribution in [0.5, 0.6) is 0 Å². The normalized spacial score (nSPS) is 31.9. The van der Waals surface area contributed by atoms with Gasteiger partial charge in [-0.05, 0) is 43.1 Å². The van der Waals surface area contributed by atoms with Crippen LogP contribution < -0.4 is 4.87 Å². The first-order chi connectivity index (χ1) is 12.6. The molecule has 1 aromatic carbocycles. The van der Waals surface area contributed by atoms with E-state index in [0.717, 1.165) is 15.8 Å². The Morgan fingerprint density at radius 1 is 1.23 bits per heavy atom. The van der Waals surface area contributed by atoms with Gasteiger partial charge in [0.15, 0.2) is 0 Å². The van der Waals surface area contributed by atoms with Crippen molar-refractivity contribution in [3.8, 4) is 0 Å². The second-order valence-corrected chi connectivity index (χ2v) is 9.60. The molecule has 5 rings (SSSR count). The third-order valence-electron chi connectivity index (χ3n) is 6.13. The molecule has 2 fully saturated rings. The number of hydrogen-bond acceptors (Lipinski definition) is 5. The number of aromatic amines is 1. The number of thiazole rings is 1. The molecule has 0 amide bonds. The number of nitrogens with one attached hydrogen (secondary N) is 1. The summed E-state index contributed by atoms with van der Waals surface area (Å²) in [6, 6.07) is 6.83. The molecule has 2 aliphatic carbocycles. The van der Waals surface area contributed by atoms with E-state index in [2.05, 4.69) is 11.1 Å². The third-order valence-corrected chi connectivity index (χ3v) is 8.77. The Hall–Kier alpha value is -1.86. The largest absolute Gasteiger partial charge is 0.307 e. The van der Waals surface area contributed by atoms with Gasteiger partial charge in [0.2, 0.25) is 0 Å². The van der Waals surface area contributed by atoms with E-state index in [4.69, 9.17) is 0 Å². The first kappa shape index (κ1) is 16.3. The standard InChI is InChI=1S/C19H18N2O3S2/c22-19-20-18-17(26-19)13(15-11-5-6-12(9-11)16(15)25-18)8-7-10-3-1-2-4-14(10)21(23)24/h1-4,7-8,11-13,15-16H,5-6,9H2,(H,20,22)/b8-7+/t11-,12-,13-,15-,16-/m1/s1. The summed E-state index contributed by atoms with van der Waals surface area (Å²) in [6.45, 7) is 0. The van der Waals surface area contributed by atoms with Crippen molar-refractivity contribution in [2.24, 2.45) is 17.8 Å². The maximum Gasteiger partial charge on any atom is 0.305 e. The predicted molar refractivity (Wildman–Crippen MR) is 104 cm³/mol. The zero-order chi connectivity index (χ0) is 17.8. The lowest BCUT2D eigenvalue weighted by Crippen LogP contribution is -2.32. The number of fused-ring (bicyclic) bond motifs is 6. The molecule has 1 aliphatic heterocycles. The van der Waals surface area contributed by atoms with Crippen LogP contribution in [-0.2, 0) is 0 Å². The Morgan fingerprint density at radius 3 is 2.88 bits per heavy atom. The van der Waals surface area contributed by atoms with Crippen LogP contribution in [0.4, 0.5) is 5.69 Å². The van der Waals surface area contributed by atoms with Gasteiger partial charge >= 0.3 is 4.87 Å². The number of para-hydroxylation sites is 1. The smallest absolute Gasteiger partial charge is 0.305 e. The van der Waals surface area contributed by atoms with Gasteiger partial charge in [0.05, 0.1) is 15.5 Å². The Labute approximate surface area is 158 Å². The number of rotatable bonds is 3. The molecule has 2 saturated carbocycles. The first-order valence-electron chi connectivity index (χ1n) is 8.93. The summed E-state index contributed by atoms with van der Waals surface area (Å²) in [5, 5.41) is 12.9. The molecular formula is C19H18N2O3S2. The van der Waals surface area contributed by atoms with Gasteiger partial charge in [-0.2, -0.15) is 0 Å². The Balaban J connectivity index is 1.56. The minimum absolute atomic E-state index is 0.00101. The van der Waals surface area contributed by atoms with Crippen molar-refractivity contribution in [1.82, 2.24) is 4.98 Å². The van der Waals surface area contributed by atoms with Crippen LogP contribution in [0.1, 0.15) is 35.6 Å². The van der Waals surface area contributed by atoms with Gasteiger partial charge in [0.1, 0.15) is 0 Å². The first-order valence-corrected chi connectivity index (χ1v) is 10.6. The fourth-order valence-electron chi connectivity index (χ4n) is 5.12. The molecule has 26 heavy (non-hydrogen) atoms. The highest BCUT2D eigenvalue weighted by atomic mass is 32.2. The fraction of sp³-hybridized carbons (Fsp3) is 0.421. The number of allylic oxidation sites excluding steroid dienone is 1. The molecule has 5 nitrogen and oxygen atoms in total. The summed E-state index contributed by atoms with van der Waals surface area (Å²) in [7, 11) is 0. The van der Waals surface area contributed by atoms with Crippen LogP contribution in [-0.4, -0.2) is 15.2 Å². The SMILES string of the molecule is O=c1[nH]c2c(s1)[C@H](/C=C/c1ccccc1[N+](=O)[O-])[C@H]1[C@@H]3CC[C@H](C3)[C@H]1S2. The van der Waals surface area contributed by atoms with E-state index in [1.54, 1.807) is 12.1 Å². The highest BCUT2D eigenvalue weighted by molar-refractivity contribution is 8.00. The van der Waals surface area contributed by atoms with Crippen molar-refractivity contribution in [2.75, 3.05) is 0 Å². The lowest BCUT2D eigenvalue weighted by molar-refractivity contribution is -0.385. The molecule has 3 aliphatic rings. The molecule has 7 heteroatoms. The topological polar surface area (TPSA) is 76.0 Å². The van der Waals surface area contributed by atoms with Gasteiger partial charge in [-0.15, -0.1) is 11.8 Å². The van der Waals surface area contributed by atoms with Crippen LogP contribution in [0, 0.1) is 27.9 Å². The summed E-state index contributed by atoms with van der Waals surface area (Å²) < 4.78 is 0. The maximum absolute atomic E-state index is 12.0. The number of nitro benzene ring substituents is 1. The number of nitro groups is 1. The molecule has 5 atom stereocenters. The van der Waals surface area contributed by atoms with Crippen molar-refractivity contribution in [1.29, 1.82) is 0 Å². The lowest BCUT2D eigenvalue weighted by Gasteiger charge is -2.38. The fourth-order valence-corrected chi connectivity index (χ4v) is 7.98. The number of aromatic nitrogens is 1. The van der Waals surface area contributed by atoms with E-state index >= 15 is 0 Å². The van der Waals surface area contributed by atoms with Gasteiger partial charge in [0, 0.05) is 22.1 Å². The van der Waals surface area contributed by atoms with Gasteiger partial charge in [-0.25, -0.2) is 0 Å². The second-order valence-electron chi connectivity index (χ2n) is 7.40. The number of hydrogen-bond donors (Lipinski definition) is 1. The molecule has 0 radical (unpaired) electrons. The Kier molecular flexibility index (Phi) is 3.83. The number of nitrogens with zero attached hydrogens (tertiary/aromatic N) is 1. The number of thioether (sulfide) groups is 1. The molecule has 2 aromatic rings. The molecule has 1 N–H and O–H groups in total. The maximum atomic E-state index is 12.0. The minimum Gasteiger partial charge on any atom is -0.307 e. The summed E-state index contributed by atoms with van der Waals surface area (Å²) in [6.07, 6.45) is 7.86. The molecule has 0 unspecified atom stereocenters. The summed E-state index contributed by atoms with van der Waals surface area (Å²) in [4.78, 5) is 27.0. The summed E-state index contributed by atoms with van der Waals surface area (Å²) in [5.74, 6) is 2.17. The average Bonchev–Trinajstić information content (AvgIpc) is 3.32. The van der Waals surface area contributed by atoms with Crippen LogP contribution >= 0.6 is 23.1 Å². The van der Waals surface area contributed by atoms with E-state index in [1.165, 1.54) is 36.7 Å². The lowest BCUT2D eigenvalue weighted by atomic mass is 9.77. The summed E-state index contributed by atoms with van der Waals surface area (Å²) in [5.41, 5.74) is 0.751. The zero-order valence-corrected chi connectivity index (χ0v) is 15.6. The van der Waals surface area contributed by atoms with Crippen LogP contribution in [0.15, 0.2) is 40.2 Å². The zero-order valence-electron chi connectivity index (χ0n) is 14.0. The number of H-pyrrole nitrogens is 1. The van der Waals surface area contributed by atoms with Crippen LogP contribution in [0.25, 0.3) is 6.08 Å². The third kappa shape index (κ3) is 2.48. The highest BCUT2D eigenvalue weighted by Crippen LogP contribution is 2.62. The van der Waals surface area contributed by atoms with Crippen molar-refractivity contribution in [3.05, 3.63) is 60.6 Å². The van der Waals surface area contributed by atoms with Gasteiger partial charge in [-0.1, -0.05) is 35.6 Å². The van der Waals surface area contributed by atoms with Crippen LogP contribution in [0.2, 0.25) is 0 Å². The molecule has 134 valence electrons. The van der Waals surface area contributed by atoms with E-state index in [1.807, 2.05) is 23.9 Å². The quantitative estimate of drug-likeness (QED) is 0.615. The molecule has 1 aromatic heterocycles. The van der Waals surface area contributed by atoms with Gasteiger partial charge < -0.3 is 4.98 Å². The van der Waals surface area contributed by atoms with E-state index < -0.39 is 0 Å². The van der Waals surface area contributed by atoms with Crippen molar-refractivity contribution in [2.45, 2.75) is 35.5 Å². The van der Waals surface area contributed by atoms with Gasteiger partial charge in [-0.3, -0.25) is 14.9 Å². The molecule has 0 spiro atoms. The highest BCUT2D eigenvalue weighted by Gasteiger charge is 2.53. The second kappa shape index (κ2) is 6.09. The van der Waals surface area contributed by atoms with E-state index in [0.29, 0.717) is 22.6 Å². The van der Waals surface area contributed by atoms with Crippen LogP contribution in [0.3, 0.4) is 0 Å². The molecule has 2 heterocycles. The van der Waals surface area contributed by atoms with Crippen molar-refractivity contribution >= 4 is 34.9 Å². The van der Waals surface area contributed by atoms with Crippen molar-refractivity contribution in [3.63, 3.8) is 0 Å². The van der Waals surface area contributed by atoms with Crippen molar-refractivity contribution < 1.29 is 4.92 Å². The predicted octanol–water partition coefficient (Wildman–Crippen LogP) is 4.66. The molecular weight excluding hydrogens is 368 g/mol. The Bertz CT molecular complexity index is 964. The van der Waals surface area contributed by atoms with E-state index in [-0.39, 0.29) is 21.4 Å². The number of benzene rings is 1. The monoisotopic (exact) mass is 386 g/mol. The molecule has 0 saturated heterocycles. The minimum atomic E-state index is -0.336. The van der Waals surface area contributed by atoms with Gasteiger partial charge in [0.25, 0.3) is 5.69 Å². The average molecular weight is 386 g/mol. The van der Waals surface area contributed by atoms with E-state index in [9.17, 15) is 14.9 Å².